The molecule has 1 aliphatic carbocycles. The van der Waals surface area contributed by atoms with Gasteiger partial charge < -0.3 is 10.1 Å². The molecule has 0 spiro atoms. The number of nitrogens with one attached hydrogen (secondary N) is 1. The van der Waals surface area contributed by atoms with Crippen molar-refractivity contribution in [2.75, 3.05) is 12.4 Å². The van der Waals surface area contributed by atoms with Gasteiger partial charge in [0, 0.05) is 35.6 Å². The van der Waals surface area contributed by atoms with Crippen molar-refractivity contribution in [2.45, 2.75) is 38.4 Å². The van der Waals surface area contributed by atoms with Crippen molar-refractivity contribution >= 4 is 5.95 Å². The van der Waals surface area contributed by atoms with Crippen LogP contribution in [-0.4, -0.2) is 26.9 Å². The zero-order valence-electron chi connectivity index (χ0n) is 15.8. The van der Waals surface area contributed by atoms with E-state index in [2.05, 4.69) is 20.4 Å². The van der Waals surface area contributed by atoms with Crippen molar-refractivity contribution in [3.05, 3.63) is 59.2 Å². The first kappa shape index (κ1) is 19.2. The summed E-state index contributed by atoms with van der Waals surface area (Å²) >= 11 is 0. The summed E-state index contributed by atoms with van der Waals surface area (Å²) in [6, 6.07) is 7.41. The van der Waals surface area contributed by atoms with E-state index in [1.165, 1.54) is 0 Å². The first-order valence-electron chi connectivity index (χ1n) is 9.33. The maximum Gasteiger partial charge on any atom is 0.433 e. The molecule has 0 amide bonds. The minimum atomic E-state index is -4.49. The van der Waals surface area contributed by atoms with Gasteiger partial charge in [-0.2, -0.15) is 18.3 Å². The van der Waals surface area contributed by atoms with Crippen LogP contribution in [0.25, 0.3) is 5.69 Å². The van der Waals surface area contributed by atoms with E-state index in [-0.39, 0.29) is 18.1 Å². The topological polar surface area (TPSA) is 64.9 Å². The van der Waals surface area contributed by atoms with Crippen LogP contribution in [0.3, 0.4) is 0 Å². The molecule has 0 radical (unpaired) electrons. The van der Waals surface area contributed by atoms with Gasteiger partial charge in [0.05, 0.1) is 19.0 Å². The fourth-order valence-corrected chi connectivity index (χ4v) is 3.43. The van der Waals surface area contributed by atoms with Crippen molar-refractivity contribution in [2.24, 2.45) is 0 Å². The highest BCUT2D eigenvalue weighted by Crippen LogP contribution is 2.35. The van der Waals surface area contributed by atoms with Gasteiger partial charge in [-0.25, -0.2) is 14.6 Å². The number of anilines is 1. The second-order valence-corrected chi connectivity index (χ2v) is 6.87. The molecule has 1 N–H and O–H groups in total. The van der Waals surface area contributed by atoms with E-state index < -0.39 is 11.9 Å². The van der Waals surface area contributed by atoms with Crippen LogP contribution in [-0.2, 0) is 25.6 Å². The summed E-state index contributed by atoms with van der Waals surface area (Å²) < 4.78 is 47.2. The Morgan fingerprint density at radius 2 is 2.00 bits per heavy atom. The monoisotopic (exact) mass is 403 g/mol. The molecule has 3 aromatic rings. The number of aromatic nitrogens is 4. The molecule has 6 nitrogen and oxygen atoms in total. The average molecular weight is 403 g/mol. The normalized spacial score (nSPS) is 13.8. The third-order valence-electron chi connectivity index (χ3n) is 4.86. The second-order valence-electron chi connectivity index (χ2n) is 6.87. The fraction of sp³-hybridized carbons (Fsp3) is 0.350. The molecule has 152 valence electrons. The molecule has 0 unspecified atom stereocenters. The Morgan fingerprint density at radius 3 is 2.79 bits per heavy atom. The molecule has 0 aliphatic heterocycles. The molecule has 1 aromatic carbocycles. The van der Waals surface area contributed by atoms with Gasteiger partial charge in [0.1, 0.15) is 5.75 Å². The van der Waals surface area contributed by atoms with Gasteiger partial charge in [-0.15, -0.1) is 0 Å². The summed E-state index contributed by atoms with van der Waals surface area (Å²) in [7, 11) is 1.59. The van der Waals surface area contributed by atoms with E-state index in [1.54, 1.807) is 24.2 Å². The number of alkyl halides is 3. The summed E-state index contributed by atoms with van der Waals surface area (Å²) in [5.41, 5.74) is 1.52. The first-order valence-corrected chi connectivity index (χ1v) is 9.33. The summed E-state index contributed by atoms with van der Waals surface area (Å²) in [4.78, 5) is 8.09. The number of benzene rings is 1. The van der Waals surface area contributed by atoms with Crippen molar-refractivity contribution < 1.29 is 17.9 Å². The molecule has 0 fully saturated rings. The molecule has 9 heteroatoms. The lowest BCUT2D eigenvalue weighted by Gasteiger charge is -2.20. The average Bonchev–Trinajstić information content (AvgIpc) is 3.20. The molecule has 4 rings (SSSR count). The third kappa shape index (κ3) is 4.18. The maximum atomic E-state index is 13.4. The molecular formula is C20H20F3N5O. The number of aryl methyl sites for hydroxylation is 1. The Hall–Kier alpha value is -3.10. The SMILES string of the molecule is COc1cccc(-n2cc(CNc3nc4c(c(C(F)(F)F)n3)CCCC4)cn2)c1. The van der Waals surface area contributed by atoms with Crippen LogP contribution in [0.5, 0.6) is 5.75 Å². The van der Waals surface area contributed by atoms with Crippen molar-refractivity contribution in [1.82, 2.24) is 19.7 Å². The highest BCUT2D eigenvalue weighted by molar-refractivity contribution is 5.40. The highest BCUT2D eigenvalue weighted by atomic mass is 19.4. The van der Waals surface area contributed by atoms with Crippen LogP contribution in [0, 0.1) is 0 Å². The van der Waals surface area contributed by atoms with Crippen molar-refractivity contribution in [3.63, 3.8) is 0 Å². The lowest BCUT2D eigenvalue weighted by atomic mass is 9.94. The maximum absolute atomic E-state index is 13.4. The van der Waals surface area contributed by atoms with Crippen LogP contribution in [0.15, 0.2) is 36.7 Å². The summed E-state index contributed by atoms with van der Waals surface area (Å²) in [6.07, 6.45) is 1.45. The van der Waals surface area contributed by atoms with Gasteiger partial charge >= 0.3 is 6.18 Å². The molecule has 0 saturated heterocycles. The van der Waals surface area contributed by atoms with E-state index in [0.717, 1.165) is 24.1 Å². The van der Waals surface area contributed by atoms with E-state index >= 15 is 0 Å². The Bertz CT molecular complexity index is 1020. The molecule has 2 heterocycles. The minimum Gasteiger partial charge on any atom is -0.497 e. The number of hydrogen-bond acceptors (Lipinski definition) is 5. The number of ether oxygens (including phenoxy) is 1. The lowest BCUT2D eigenvalue weighted by Crippen LogP contribution is -2.20. The summed E-state index contributed by atoms with van der Waals surface area (Å²) in [5.74, 6) is 0.701. The highest BCUT2D eigenvalue weighted by Gasteiger charge is 2.37. The van der Waals surface area contributed by atoms with Gasteiger partial charge in [-0.1, -0.05) is 6.07 Å². The molecule has 1 aliphatic rings. The van der Waals surface area contributed by atoms with Gasteiger partial charge in [0.15, 0.2) is 5.69 Å². The van der Waals surface area contributed by atoms with Gasteiger partial charge in [-0.05, 0) is 37.8 Å². The van der Waals surface area contributed by atoms with Crippen LogP contribution in [0.4, 0.5) is 19.1 Å². The Kier molecular flexibility index (Phi) is 5.12. The lowest BCUT2D eigenvalue weighted by molar-refractivity contribution is -0.142. The molecule has 0 atom stereocenters. The number of halogens is 3. The number of hydrogen-bond donors (Lipinski definition) is 1. The standard InChI is InChI=1S/C20H20F3N5O/c1-29-15-6-4-5-14(9-15)28-12-13(11-25-28)10-24-19-26-17-8-3-2-7-16(17)18(27-19)20(21,22)23/h4-6,9,11-12H,2-3,7-8,10H2,1H3,(H,24,26,27). The zero-order valence-corrected chi connectivity index (χ0v) is 15.8. The van der Waals surface area contributed by atoms with Crippen LogP contribution in [0.2, 0.25) is 0 Å². The summed E-state index contributed by atoms with van der Waals surface area (Å²) in [5, 5.41) is 7.21. The largest absolute Gasteiger partial charge is 0.497 e. The number of nitrogens with zero attached hydrogens (tertiary/aromatic N) is 4. The zero-order chi connectivity index (χ0) is 20.4. The van der Waals surface area contributed by atoms with E-state index in [9.17, 15) is 13.2 Å². The first-order chi connectivity index (χ1) is 13.9. The number of rotatable bonds is 5. The van der Waals surface area contributed by atoms with Gasteiger partial charge in [-0.3, -0.25) is 0 Å². The Balaban J connectivity index is 1.53. The predicted octanol–water partition coefficient (Wildman–Crippen LogP) is 4.18. The second kappa shape index (κ2) is 7.73. The van der Waals surface area contributed by atoms with Crippen molar-refractivity contribution in [1.29, 1.82) is 0 Å². The van der Waals surface area contributed by atoms with Gasteiger partial charge in [0.25, 0.3) is 0 Å². The number of methoxy groups -OCH3 is 1. The molecule has 0 bridgehead atoms. The predicted molar refractivity (Wildman–Crippen MR) is 101 cm³/mol. The molecular weight excluding hydrogens is 383 g/mol. The van der Waals surface area contributed by atoms with E-state index in [0.29, 0.717) is 24.3 Å². The molecule has 0 saturated carbocycles. The van der Waals surface area contributed by atoms with Crippen LogP contribution < -0.4 is 10.1 Å². The fourth-order valence-electron chi connectivity index (χ4n) is 3.43. The summed E-state index contributed by atoms with van der Waals surface area (Å²) in [6.45, 7) is 0.264. The van der Waals surface area contributed by atoms with Crippen molar-refractivity contribution in [3.8, 4) is 11.4 Å². The quantitative estimate of drug-likeness (QED) is 0.692. The molecule has 29 heavy (non-hydrogen) atoms. The minimum absolute atomic E-state index is 0.00731. The van der Waals surface area contributed by atoms with Crippen LogP contribution in [0.1, 0.15) is 35.4 Å². The number of fused-ring (bicyclic) bond motifs is 1. The smallest absolute Gasteiger partial charge is 0.433 e. The third-order valence-corrected chi connectivity index (χ3v) is 4.86. The Morgan fingerprint density at radius 1 is 1.17 bits per heavy atom. The van der Waals surface area contributed by atoms with E-state index in [1.807, 2.05) is 24.3 Å². The van der Waals surface area contributed by atoms with Crippen LogP contribution >= 0.6 is 0 Å². The molecule has 2 aromatic heterocycles. The van der Waals surface area contributed by atoms with Gasteiger partial charge in [0.2, 0.25) is 5.95 Å². The van der Waals surface area contributed by atoms with E-state index in [4.69, 9.17) is 4.74 Å². The Labute approximate surface area is 165 Å².